The number of aliphatic carboxylic acids is 1. The second kappa shape index (κ2) is 7.65. The lowest BCUT2D eigenvalue weighted by Gasteiger charge is -2.27. The van der Waals surface area contributed by atoms with Gasteiger partial charge in [0.15, 0.2) is 5.67 Å². The number of hydrogen-bond donors (Lipinski definition) is 1. The van der Waals surface area contributed by atoms with Crippen molar-refractivity contribution in [2.45, 2.75) is 31.4 Å². The van der Waals surface area contributed by atoms with E-state index in [-0.39, 0.29) is 18.4 Å². The Balaban J connectivity index is 1.84. The third kappa shape index (κ3) is 3.74. The van der Waals surface area contributed by atoms with E-state index in [1.807, 2.05) is 12.1 Å². The Bertz CT molecular complexity index is 838. The molecule has 0 spiro atoms. The fourth-order valence-electron chi connectivity index (χ4n) is 3.18. The fourth-order valence-corrected chi connectivity index (χ4v) is 3.18. The van der Waals surface area contributed by atoms with Crippen molar-refractivity contribution in [2.24, 2.45) is 0 Å². The van der Waals surface area contributed by atoms with Crippen LogP contribution < -0.4 is 0 Å². The normalized spacial score (nSPS) is 19.6. The van der Waals surface area contributed by atoms with Crippen molar-refractivity contribution in [3.8, 4) is 0 Å². The van der Waals surface area contributed by atoms with E-state index >= 15 is 8.78 Å². The van der Waals surface area contributed by atoms with E-state index in [0.29, 0.717) is 24.0 Å². The van der Waals surface area contributed by atoms with Gasteiger partial charge >= 0.3 is 5.97 Å². The Kier molecular flexibility index (Phi) is 5.31. The Labute approximate surface area is 151 Å². The summed E-state index contributed by atoms with van der Waals surface area (Å²) >= 11 is 0. The maximum Gasteiger partial charge on any atom is 0.303 e. The van der Waals surface area contributed by atoms with Gasteiger partial charge in [0.2, 0.25) is 0 Å². The van der Waals surface area contributed by atoms with Crippen LogP contribution in [-0.4, -0.2) is 11.1 Å². The average molecular weight is 354 g/mol. The molecule has 1 atom stereocenters. The van der Waals surface area contributed by atoms with Gasteiger partial charge in [-0.2, -0.15) is 0 Å². The quantitative estimate of drug-likeness (QED) is 0.733. The van der Waals surface area contributed by atoms with Gasteiger partial charge in [0.25, 0.3) is 0 Å². The van der Waals surface area contributed by atoms with Gasteiger partial charge in [-0.25, -0.2) is 8.78 Å². The van der Waals surface area contributed by atoms with Crippen LogP contribution in [0.25, 0.3) is 5.57 Å². The summed E-state index contributed by atoms with van der Waals surface area (Å²) in [6, 6.07) is 15.6. The Morgan fingerprint density at radius 1 is 1.08 bits per heavy atom. The first-order chi connectivity index (χ1) is 12.5. The third-order valence-corrected chi connectivity index (χ3v) is 4.62. The molecule has 2 aromatic rings. The zero-order chi connectivity index (χ0) is 18.6. The lowest BCUT2D eigenvalue weighted by Crippen LogP contribution is -2.23. The highest BCUT2D eigenvalue weighted by Gasteiger charge is 2.40. The van der Waals surface area contributed by atoms with Crippen LogP contribution in [0, 0.1) is 0 Å². The van der Waals surface area contributed by atoms with Crippen LogP contribution in [0.5, 0.6) is 0 Å². The van der Waals surface area contributed by atoms with Gasteiger partial charge in [-0.3, -0.25) is 4.79 Å². The topological polar surface area (TPSA) is 37.3 Å². The molecule has 4 heteroatoms. The lowest BCUT2D eigenvalue weighted by atomic mass is 9.83. The van der Waals surface area contributed by atoms with Gasteiger partial charge in [-0.1, -0.05) is 66.7 Å². The second-order valence-corrected chi connectivity index (χ2v) is 6.45. The zero-order valence-electron chi connectivity index (χ0n) is 14.3. The SMILES string of the molecule is O=C(O)CCCc1ccc(C2=C(F)C(F)(c3ccccc3)CC=C2)cc1. The molecule has 1 aliphatic rings. The number of aryl methyl sites for hydroxylation is 1. The molecule has 0 aromatic heterocycles. The molecule has 2 nitrogen and oxygen atoms in total. The van der Waals surface area contributed by atoms with Crippen molar-refractivity contribution in [2.75, 3.05) is 0 Å². The molecule has 0 amide bonds. The van der Waals surface area contributed by atoms with E-state index in [9.17, 15) is 4.79 Å². The van der Waals surface area contributed by atoms with Crippen LogP contribution >= 0.6 is 0 Å². The van der Waals surface area contributed by atoms with Gasteiger partial charge in [-0.05, 0) is 29.5 Å². The summed E-state index contributed by atoms with van der Waals surface area (Å²) in [5, 5.41) is 8.69. The van der Waals surface area contributed by atoms with Crippen LogP contribution in [0.4, 0.5) is 8.78 Å². The maximum absolute atomic E-state index is 15.4. The monoisotopic (exact) mass is 354 g/mol. The van der Waals surface area contributed by atoms with E-state index < -0.39 is 17.5 Å². The molecule has 0 saturated carbocycles. The molecule has 0 saturated heterocycles. The molecule has 2 aromatic carbocycles. The van der Waals surface area contributed by atoms with Gasteiger partial charge in [-0.15, -0.1) is 0 Å². The number of carbonyl (C=O) groups is 1. The van der Waals surface area contributed by atoms with E-state index in [0.717, 1.165) is 5.56 Å². The largest absolute Gasteiger partial charge is 0.481 e. The lowest BCUT2D eigenvalue weighted by molar-refractivity contribution is -0.137. The Morgan fingerprint density at radius 3 is 2.42 bits per heavy atom. The molecule has 1 unspecified atom stereocenters. The smallest absolute Gasteiger partial charge is 0.303 e. The molecular formula is C22H20F2O2. The van der Waals surface area contributed by atoms with E-state index in [4.69, 9.17) is 5.11 Å². The van der Waals surface area contributed by atoms with Gasteiger partial charge < -0.3 is 5.11 Å². The maximum atomic E-state index is 15.4. The summed E-state index contributed by atoms with van der Waals surface area (Å²) in [5.41, 5.74) is -0.000941. The summed E-state index contributed by atoms with van der Waals surface area (Å²) in [5.74, 6) is -1.59. The summed E-state index contributed by atoms with van der Waals surface area (Å²) in [6.45, 7) is 0. The first-order valence-electron chi connectivity index (χ1n) is 8.63. The minimum atomic E-state index is -2.15. The molecule has 0 heterocycles. The van der Waals surface area contributed by atoms with E-state index in [1.165, 1.54) is 0 Å². The summed E-state index contributed by atoms with van der Waals surface area (Å²) in [4.78, 5) is 10.6. The van der Waals surface area contributed by atoms with Crippen molar-refractivity contribution in [3.63, 3.8) is 0 Å². The number of carboxylic acid groups (broad SMARTS) is 1. The third-order valence-electron chi connectivity index (χ3n) is 4.62. The molecule has 0 fully saturated rings. The summed E-state index contributed by atoms with van der Waals surface area (Å²) in [7, 11) is 0. The highest BCUT2D eigenvalue weighted by molar-refractivity contribution is 5.78. The predicted octanol–water partition coefficient (Wildman–Crippen LogP) is 5.60. The van der Waals surface area contributed by atoms with Gasteiger partial charge in [0.05, 0.1) is 0 Å². The van der Waals surface area contributed by atoms with Gasteiger partial charge in [0, 0.05) is 18.4 Å². The van der Waals surface area contributed by atoms with E-state index in [1.54, 1.807) is 54.6 Å². The Morgan fingerprint density at radius 2 is 1.77 bits per heavy atom. The number of rotatable bonds is 6. The zero-order valence-corrected chi connectivity index (χ0v) is 14.3. The molecule has 3 rings (SSSR count). The average Bonchev–Trinajstić information content (AvgIpc) is 2.65. The molecule has 0 radical (unpaired) electrons. The van der Waals surface area contributed by atoms with Crippen LogP contribution in [0.15, 0.2) is 72.6 Å². The molecule has 134 valence electrons. The molecule has 0 bridgehead atoms. The van der Waals surface area contributed by atoms with E-state index in [2.05, 4.69) is 0 Å². The first kappa shape index (κ1) is 18.1. The molecule has 26 heavy (non-hydrogen) atoms. The summed E-state index contributed by atoms with van der Waals surface area (Å²) in [6.07, 6.45) is 4.56. The van der Waals surface area contributed by atoms with Gasteiger partial charge in [0.1, 0.15) is 5.83 Å². The van der Waals surface area contributed by atoms with Crippen molar-refractivity contribution in [1.82, 2.24) is 0 Å². The van der Waals surface area contributed by atoms with Crippen LogP contribution in [-0.2, 0) is 16.9 Å². The number of benzene rings is 2. The number of allylic oxidation sites excluding steroid dienone is 4. The molecule has 1 aliphatic carbocycles. The highest BCUT2D eigenvalue weighted by atomic mass is 19.2. The highest BCUT2D eigenvalue weighted by Crippen LogP contribution is 2.45. The first-order valence-corrected chi connectivity index (χ1v) is 8.63. The number of hydrogen-bond acceptors (Lipinski definition) is 1. The number of halogens is 2. The van der Waals surface area contributed by atoms with Crippen LogP contribution in [0.1, 0.15) is 36.0 Å². The van der Waals surface area contributed by atoms with Crippen molar-refractivity contribution >= 4 is 11.5 Å². The van der Waals surface area contributed by atoms with Crippen molar-refractivity contribution in [3.05, 3.63) is 89.3 Å². The fraction of sp³-hybridized carbons (Fsp3) is 0.227. The minimum Gasteiger partial charge on any atom is -0.481 e. The minimum absolute atomic E-state index is 0.0282. The van der Waals surface area contributed by atoms with Crippen LogP contribution in [0.3, 0.4) is 0 Å². The standard InChI is InChI=1S/C22H20F2O2/c23-21-19(9-5-15-22(21,24)18-7-2-1-3-8-18)17-13-11-16(12-14-17)6-4-10-20(25)26/h1-3,5,7-9,11-14H,4,6,10,15H2,(H,25,26). The number of carboxylic acids is 1. The second-order valence-electron chi connectivity index (χ2n) is 6.45. The molecule has 1 N–H and O–H groups in total. The molecular weight excluding hydrogens is 334 g/mol. The van der Waals surface area contributed by atoms with Crippen LogP contribution in [0.2, 0.25) is 0 Å². The molecule has 0 aliphatic heterocycles. The Hall–Kier alpha value is -2.75. The summed E-state index contributed by atoms with van der Waals surface area (Å²) < 4.78 is 30.5. The van der Waals surface area contributed by atoms with Crippen molar-refractivity contribution in [1.29, 1.82) is 0 Å². The number of alkyl halides is 1. The van der Waals surface area contributed by atoms with Crippen molar-refractivity contribution < 1.29 is 18.7 Å². The predicted molar refractivity (Wildman–Crippen MR) is 98.0 cm³/mol.